The Bertz CT molecular complexity index is 209. The van der Waals surface area contributed by atoms with Gasteiger partial charge in [-0.2, -0.15) is 0 Å². The van der Waals surface area contributed by atoms with Gasteiger partial charge in [0.2, 0.25) is 0 Å². The van der Waals surface area contributed by atoms with Crippen LogP contribution in [0.4, 0.5) is 0 Å². The molecule has 1 N–H and O–H groups in total. The summed E-state index contributed by atoms with van der Waals surface area (Å²) in [5, 5.41) is 3.62. The van der Waals surface area contributed by atoms with E-state index in [1.54, 1.807) is 0 Å². The zero-order chi connectivity index (χ0) is 13.4. The molecule has 0 radical (unpaired) electrons. The monoisotopic (exact) mass is 256 g/mol. The number of morpholine rings is 1. The van der Waals surface area contributed by atoms with E-state index in [2.05, 4.69) is 37.9 Å². The van der Waals surface area contributed by atoms with E-state index in [1.807, 2.05) is 0 Å². The van der Waals surface area contributed by atoms with E-state index < -0.39 is 0 Å². The second-order valence-electron chi connectivity index (χ2n) is 5.89. The lowest BCUT2D eigenvalue weighted by molar-refractivity contribution is -0.0453. The molecule has 1 saturated heterocycles. The highest BCUT2D eigenvalue weighted by molar-refractivity contribution is 4.79. The van der Waals surface area contributed by atoms with Crippen molar-refractivity contribution in [3.05, 3.63) is 0 Å². The maximum absolute atomic E-state index is 5.77. The second kappa shape index (κ2) is 8.89. The second-order valence-corrected chi connectivity index (χ2v) is 5.89. The molecule has 0 aliphatic carbocycles. The van der Waals surface area contributed by atoms with E-state index in [4.69, 9.17) is 4.74 Å². The average Bonchev–Trinajstić information content (AvgIpc) is 2.37. The summed E-state index contributed by atoms with van der Waals surface area (Å²) in [7, 11) is 0. The number of hydrogen-bond donors (Lipinski definition) is 1. The first kappa shape index (κ1) is 15.9. The van der Waals surface area contributed by atoms with Crippen molar-refractivity contribution in [3.63, 3.8) is 0 Å². The molecule has 0 bridgehead atoms. The van der Waals surface area contributed by atoms with E-state index in [9.17, 15) is 0 Å². The van der Waals surface area contributed by atoms with Gasteiger partial charge in [0.15, 0.2) is 0 Å². The molecule has 0 saturated carbocycles. The van der Waals surface area contributed by atoms with Crippen molar-refractivity contribution in [1.29, 1.82) is 0 Å². The quantitative estimate of drug-likeness (QED) is 0.722. The Hall–Kier alpha value is -0.120. The molecular weight excluding hydrogens is 224 g/mol. The molecule has 3 heteroatoms. The van der Waals surface area contributed by atoms with Crippen LogP contribution in [-0.2, 0) is 4.74 Å². The predicted molar refractivity (Wildman–Crippen MR) is 78.0 cm³/mol. The highest BCUT2D eigenvalue weighted by Crippen LogP contribution is 2.14. The van der Waals surface area contributed by atoms with Crippen molar-refractivity contribution in [2.24, 2.45) is 5.92 Å². The number of ether oxygens (including phenoxy) is 1. The first-order valence-electron chi connectivity index (χ1n) is 7.73. The number of rotatable bonds is 8. The minimum Gasteiger partial charge on any atom is -0.376 e. The Balaban J connectivity index is 2.39. The number of nitrogens with zero attached hydrogens (tertiary/aromatic N) is 1. The molecular formula is C15H32N2O. The molecule has 1 aliphatic rings. The Morgan fingerprint density at radius 1 is 1.28 bits per heavy atom. The maximum atomic E-state index is 5.77. The number of nitrogens with one attached hydrogen (secondary N) is 1. The first-order valence-corrected chi connectivity index (χ1v) is 7.73. The van der Waals surface area contributed by atoms with Gasteiger partial charge in [-0.25, -0.2) is 0 Å². The Labute approximate surface area is 113 Å². The third-order valence-corrected chi connectivity index (χ3v) is 3.70. The summed E-state index contributed by atoms with van der Waals surface area (Å²) in [6, 6.07) is 0.687. The van der Waals surface area contributed by atoms with Crippen molar-refractivity contribution in [2.45, 2.75) is 59.1 Å². The smallest absolute Gasteiger partial charge is 0.0700 e. The Kier molecular flexibility index (Phi) is 7.87. The molecule has 0 spiro atoms. The van der Waals surface area contributed by atoms with Crippen LogP contribution in [0.25, 0.3) is 0 Å². The molecule has 108 valence electrons. The van der Waals surface area contributed by atoms with E-state index >= 15 is 0 Å². The van der Waals surface area contributed by atoms with Gasteiger partial charge in [0.1, 0.15) is 0 Å². The zero-order valence-corrected chi connectivity index (χ0v) is 12.7. The van der Waals surface area contributed by atoms with Crippen molar-refractivity contribution in [1.82, 2.24) is 10.2 Å². The van der Waals surface area contributed by atoms with Crippen molar-refractivity contribution < 1.29 is 4.74 Å². The first-order chi connectivity index (χ1) is 8.67. The molecule has 3 nitrogen and oxygen atoms in total. The summed E-state index contributed by atoms with van der Waals surface area (Å²) < 4.78 is 5.77. The van der Waals surface area contributed by atoms with E-state index in [1.165, 1.54) is 12.8 Å². The highest BCUT2D eigenvalue weighted by Gasteiger charge is 2.24. The third kappa shape index (κ3) is 5.68. The molecule has 0 aromatic carbocycles. The molecule has 1 rings (SSSR count). The zero-order valence-electron chi connectivity index (χ0n) is 12.7. The summed E-state index contributed by atoms with van der Waals surface area (Å²) in [6.07, 6.45) is 4.14. The van der Waals surface area contributed by atoms with Crippen LogP contribution in [0, 0.1) is 5.92 Å². The predicted octanol–water partition coefficient (Wildman–Crippen LogP) is 2.51. The Morgan fingerprint density at radius 3 is 2.67 bits per heavy atom. The molecule has 18 heavy (non-hydrogen) atoms. The van der Waals surface area contributed by atoms with Crippen LogP contribution in [-0.4, -0.2) is 49.8 Å². The van der Waals surface area contributed by atoms with Gasteiger partial charge in [-0.15, -0.1) is 0 Å². The summed E-state index contributed by atoms with van der Waals surface area (Å²) in [5.41, 5.74) is 0. The van der Waals surface area contributed by atoms with E-state index in [0.29, 0.717) is 12.1 Å². The minimum atomic E-state index is 0.447. The lowest BCUT2D eigenvalue weighted by Gasteiger charge is -2.38. The molecule has 1 heterocycles. The lowest BCUT2D eigenvalue weighted by atomic mass is 10.1. The highest BCUT2D eigenvalue weighted by atomic mass is 16.5. The Morgan fingerprint density at radius 2 is 2.06 bits per heavy atom. The minimum absolute atomic E-state index is 0.447. The maximum Gasteiger partial charge on any atom is 0.0700 e. The van der Waals surface area contributed by atoms with Crippen LogP contribution in [0.5, 0.6) is 0 Å². The van der Waals surface area contributed by atoms with Crippen LogP contribution in [0.3, 0.4) is 0 Å². The molecule has 1 fully saturated rings. The van der Waals surface area contributed by atoms with Crippen LogP contribution < -0.4 is 5.32 Å². The summed E-state index contributed by atoms with van der Waals surface area (Å²) in [5.74, 6) is 0.736. The fourth-order valence-electron chi connectivity index (χ4n) is 2.61. The van der Waals surface area contributed by atoms with Gasteiger partial charge < -0.3 is 10.1 Å². The standard InChI is InChI=1S/C15H32N2O/c1-5-7-14(11-16-10-13(3)4)17-8-9-18-15(6-2)12-17/h13-16H,5-12H2,1-4H3. The van der Waals surface area contributed by atoms with Gasteiger partial charge in [-0.05, 0) is 25.3 Å². The van der Waals surface area contributed by atoms with Crippen LogP contribution >= 0.6 is 0 Å². The average molecular weight is 256 g/mol. The normalized spacial score (nSPS) is 23.5. The molecule has 2 atom stereocenters. The SMILES string of the molecule is CCCC(CNCC(C)C)N1CCOC(CC)C1. The number of hydrogen-bond acceptors (Lipinski definition) is 3. The van der Waals surface area contributed by atoms with E-state index in [-0.39, 0.29) is 0 Å². The van der Waals surface area contributed by atoms with Gasteiger partial charge in [-0.3, -0.25) is 4.90 Å². The van der Waals surface area contributed by atoms with Crippen molar-refractivity contribution in [3.8, 4) is 0 Å². The van der Waals surface area contributed by atoms with Crippen LogP contribution in [0.1, 0.15) is 47.0 Å². The van der Waals surface area contributed by atoms with Gasteiger partial charge in [-0.1, -0.05) is 34.1 Å². The van der Waals surface area contributed by atoms with Gasteiger partial charge in [0.05, 0.1) is 12.7 Å². The van der Waals surface area contributed by atoms with E-state index in [0.717, 1.165) is 45.1 Å². The molecule has 2 unspecified atom stereocenters. The molecule has 0 aromatic heterocycles. The lowest BCUT2D eigenvalue weighted by Crippen LogP contribution is -2.51. The van der Waals surface area contributed by atoms with Gasteiger partial charge >= 0.3 is 0 Å². The van der Waals surface area contributed by atoms with Crippen molar-refractivity contribution in [2.75, 3.05) is 32.8 Å². The fraction of sp³-hybridized carbons (Fsp3) is 1.00. The largest absolute Gasteiger partial charge is 0.376 e. The summed E-state index contributed by atoms with van der Waals surface area (Å²) in [4.78, 5) is 2.63. The van der Waals surface area contributed by atoms with Crippen molar-refractivity contribution >= 4 is 0 Å². The van der Waals surface area contributed by atoms with Gasteiger partial charge in [0.25, 0.3) is 0 Å². The topological polar surface area (TPSA) is 24.5 Å². The van der Waals surface area contributed by atoms with Gasteiger partial charge in [0, 0.05) is 25.7 Å². The molecule has 1 aliphatic heterocycles. The molecule has 0 amide bonds. The fourth-order valence-corrected chi connectivity index (χ4v) is 2.61. The van der Waals surface area contributed by atoms with Crippen LogP contribution in [0.2, 0.25) is 0 Å². The summed E-state index contributed by atoms with van der Waals surface area (Å²) in [6.45, 7) is 14.4. The summed E-state index contributed by atoms with van der Waals surface area (Å²) >= 11 is 0. The third-order valence-electron chi connectivity index (χ3n) is 3.70. The molecule has 0 aromatic rings. The van der Waals surface area contributed by atoms with Crippen LogP contribution in [0.15, 0.2) is 0 Å².